The number of thioether (sulfide) groups is 1. The molecular formula is C7H9NO2S. The van der Waals surface area contributed by atoms with Gasteiger partial charge < -0.3 is 0 Å². The topological polar surface area (TPSA) is 46.2 Å². The molecule has 1 atom stereocenters. The lowest BCUT2D eigenvalue weighted by Gasteiger charge is -2.04. The Bertz CT molecular complexity index is 224. The molecule has 60 valence electrons. The molecule has 1 fully saturated rings. The number of carbonyl (C=O) groups is 2. The average Bonchev–Trinajstić information content (AvgIpc) is 2.28. The highest BCUT2D eigenvalue weighted by molar-refractivity contribution is 8.15. The molecule has 1 N–H and O–H groups in total. The van der Waals surface area contributed by atoms with Crippen LogP contribution < -0.4 is 5.32 Å². The van der Waals surface area contributed by atoms with Crippen molar-refractivity contribution in [3.05, 3.63) is 12.2 Å². The third-order valence-electron chi connectivity index (χ3n) is 1.51. The largest absolute Gasteiger partial charge is 0.286 e. The van der Waals surface area contributed by atoms with E-state index in [0.29, 0.717) is 0 Å². The summed E-state index contributed by atoms with van der Waals surface area (Å²) in [6.45, 7) is 5.62. The normalized spacial score (nSPS) is 23.5. The molecule has 0 aromatic rings. The maximum atomic E-state index is 11.0. The Labute approximate surface area is 69.2 Å². The number of amides is 2. The summed E-state index contributed by atoms with van der Waals surface area (Å²) in [5, 5.41) is 1.58. The van der Waals surface area contributed by atoms with Gasteiger partial charge in [-0.15, -0.1) is 0 Å². The van der Waals surface area contributed by atoms with Gasteiger partial charge in [-0.25, -0.2) is 0 Å². The zero-order valence-corrected chi connectivity index (χ0v) is 7.03. The van der Waals surface area contributed by atoms with E-state index in [1.54, 1.807) is 0 Å². The van der Waals surface area contributed by atoms with Crippen molar-refractivity contribution in [3.8, 4) is 0 Å². The van der Waals surface area contributed by atoms with Crippen molar-refractivity contribution in [3.63, 3.8) is 0 Å². The highest BCUT2D eigenvalue weighted by Gasteiger charge is 2.32. The average molecular weight is 171 g/mol. The summed E-state index contributed by atoms with van der Waals surface area (Å²) in [6, 6.07) is 0. The SMILES string of the molecule is C=C(CC)C1SC(=O)NC1=O. The van der Waals surface area contributed by atoms with Gasteiger partial charge in [-0.05, 0) is 18.2 Å². The van der Waals surface area contributed by atoms with Gasteiger partial charge in [-0.3, -0.25) is 14.9 Å². The zero-order valence-electron chi connectivity index (χ0n) is 6.22. The molecular weight excluding hydrogens is 162 g/mol. The molecule has 1 rings (SSSR count). The molecule has 0 aromatic heterocycles. The minimum Gasteiger partial charge on any atom is -0.286 e. The quantitative estimate of drug-likeness (QED) is 0.637. The summed E-state index contributed by atoms with van der Waals surface area (Å²) in [6.07, 6.45) is 0.734. The van der Waals surface area contributed by atoms with Gasteiger partial charge in [0.2, 0.25) is 5.91 Å². The van der Waals surface area contributed by atoms with Gasteiger partial charge in [0, 0.05) is 0 Å². The monoisotopic (exact) mass is 171 g/mol. The van der Waals surface area contributed by atoms with Crippen LogP contribution >= 0.6 is 11.8 Å². The van der Waals surface area contributed by atoms with E-state index in [0.717, 1.165) is 23.8 Å². The lowest BCUT2D eigenvalue weighted by Crippen LogP contribution is -2.24. The van der Waals surface area contributed by atoms with Crippen LogP contribution in [0.15, 0.2) is 12.2 Å². The predicted octanol–water partition coefficient (Wildman–Crippen LogP) is 1.30. The van der Waals surface area contributed by atoms with E-state index >= 15 is 0 Å². The summed E-state index contributed by atoms with van der Waals surface area (Å²) < 4.78 is 0. The van der Waals surface area contributed by atoms with Crippen molar-refractivity contribution >= 4 is 22.9 Å². The highest BCUT2D eigenvalue weighted by Crippen LogP contribution is 2.25. The van der Waals surface area contributed by atoms with Crippen LogP contribution in [-0.2, 0) is 4.79 Å². The second-order valence-corrected chi connectivity index (χ2v) is 3.36. The molecule has 4 heteroatoms. The summed E-state index contributed by atoms with van der Waals surface area (Å²) in [5.74, 6) is -0.230. The van der Waals surface area contributed by atoms with E-state index in [4.69, 9.17) is 0 Å². The first-order valence-corrected chi connectivity index (χ1v) is 4.22. The molecule has 1 saturated heterocycles. The highest BCUT2D eigenvalue weighted by atomic mass is 32.2. The third kappa shape index (κ3) is 1.63. The van der Waals surface area contributed by atoms with Gasteiger partial charge in [0.1, 0.15) is 5.25 Å². The molecule has 0 aliphatic carbocycles. The lowest BCUT2D eigenvalue weighted by atomic mass is 10.1. The Hall–Kier alpha value is -0.770. The van der Waals surface area contributed by atoms with Gasteiger partial charge in [-0.1, -0.05) is 19.1 Å². The molecule has 1 unspecified atom stereocenters. The van der Waals surface area contributed by atoms with Crippen LogP contribution in [0.4, 0.5) is 4.79 Å². The first-order chi connectivity index (χ1) is 5.15. The van der Waals surface area contributed by atoms with Crippen molar-refractivity contribution in [1.29, 1.82) is 0 Å². The summed E-state index contributed by atoms with van der Waals surface area (Å²) >= 11 is 1.01. The second-order valence-electron chi connectivity index (χ2n) is 2.29. The summed E-state index contributed by atoms with van der Waals surface area (Å²) in [4.78, 5) is 21.6. The predicted molar refractivity (Wildman–Crippen MR) is 44.3 cm³/mol. The number of hydrogen-bond donors (Lipinski definition) is 1. The third-order valence-corrected chi connectivity index (χ3v) is 2.61. The van der Waals surface area contributed by atoms with Crippen molar-refractivity contribution in [1.82, 2.24) is 5.32 Å². The molecule has 1 aliphatic rings. The van der Waals surface area contributed by atoms with Crippen molar-refractivity contribution < 1.29 is 9.59 Å². The number of nitrogens with one attached hydrogen (secondary N) is 1. The molecule has 0 bridgehead atoms. The van der Waals surface area contributed by atoms with Crippen LogP contribution in [0.5, 0.6) is 0 Å². The minimum atomic E-state index is -0.354. The molecule has 0 radical (unpaired) electrons. The van der Waals surface area contributed by atoms with Gasteiger partial charge in [0.25, 0.3) is 5.24 Å². The molecule has 1 aliphatic heterocycles. The number of hydrogen-bond acceptors (Lipinski definition) is 3. The molecule has 3 nitrogen and oxygen atoms in total. The molecule has 1 heterocycles. The Morgan fingerprint density at radius 3 is 2.73 bits per heavy atom. The Balaban J connectivity index is 2.67. The fraction of sp³-hybridized carbons (Fsp3) is 0.429. The number of rotatable bonds is 2. The molecule has 0 saturated carbocycles. The lowest BCUT2D eigenvalue weighted by molar-refractivity contribution is -0.118. The Morgan fingerprint density at radius 1 is 1.73 bits per heavy atom. The van der Waals surface area contributed by atoms with E-state index in [2.05, 4.69) is 11.9 Å². The van der Waals surface area contributed by atoms with Gasteiger partial charge in [0.05, 0.1) is 0 Å². The maximum absolute atomic E-state index is 11.0. The second kappa shape index (κ2) is 3.09. The van der Waals surface area contributed by atoms with Gasteiger partial charge in [0.15, 0.2) is 0 Å². The van der Waals surface area contributed by atoms with E-state index in [1.807, 2.05) is 6.92 Å². The Morgan fingerprint density at radius 2 is 2.36 bits per heavy atom. The first-order valence-electron chi connectivity index (χ1n) is 3.34. The number of imide groups is 1. The van der Waals surface area contributed by atoms with Crippen molar-refractivity contribution in [2.45, 2.75) is 18.6 Å². The van der Waals surface area contributed by atoms with E-state index in [9.17, 15) is 9.59 Å². The fourth-order valence-electron chi connectivity index (χ4n) is 0.810. The maximum Gasteiger partial charge on any atom is 0.286 e. The summed E-state index contributed by atoms with van der Waals surface area (Å²) in [5.41, 5.74) is 0.804. The smallest absolute Gasteiger partial charge is 0.286 e. The molecule has 11 heavy (non-hydrogen) atoms. The van der Waals surface area contributed by atoms with Crippen LogP contribution in [0.2, 0.25) is 0 Å². The van der Waals surface area contributed by atoms with Gasteiger partial charge in [-0.2, -0.15) is 0 Å². The van der Waals surface area contributed by atoms with Crippen molar-refractivity contribution in [2.24, 2.45) is 0 Å². The first kappa shape index (κ1) is 8.33. The minimum absolute atomic E-state index is 0.230. The zero-order chi connectivity index (χ0) is 8.43. The molecule has 0 aromatic carbocycles. The molecule has 2 amide bonds. The van der Waals surface area contributed by atoms with Crippen molar-refractivity contribution in [2.75, 3.05) is 0 Å². The number of carbonyl (C=O) groups excluding carboxylic acids is 2. The molecule has 0 spiro atoms. The van der Waals surface area contributed by atoms with Crippen LogP contribution in [0.25, 0.3) is 0 Å². The standard InChI is InChI=1S/C7H9NO2S/c1-3-4(2)5-6(9)8-7(10)11-5/h5H,2-3H2,1H3,(H,8,9,10). The van der Waals surface area contributed by atoms with Crippen LogP contribution in [-0.4, -0.2) is 16.4 Å². The van der Waals surface area contributed by atoms with Crippen LogP contribution in [0.3, 0.4) is 0 Å². The fourth-order valence-corrected chi connectivity index (χ4v) is 1.68. The Kier molecular flexibility index (Phi) is 2.34. The van der Waals surface area contributed by atoms with Crippen LogP contribution in [0.1, 0.15) is 13.3 Å². The van der Waals surface area contributed by atoms with E-state index < -0.39 is 0 Å². The van der Waals surface area contributed by atoms with Gasteiger partial charge >= 0.3 is 0 Å². The summed E-state index contributed by atoms with van der Waals surface area (Å²) in [7, 11) is 0. The van der Waals surface area contributed by atoms with E-state index in [-0.39, 0.29) is 16.4 Å². The van der Waals surface area contributed by atoms with E-state index in [1.165, 1.54) is 0 Å². The van der Waals surface area contributed by atoms with Crippen LogP contribution in [0, 0.1) is 0 Å².